The molecule has 0 radical (unpaired) electrons. The molecule has 6 nitrogen and oxygen atoms in total. The van der Waals surface area contributed by atoms with Gasteiger partial charge in [0.15, 0.2) is 0 Å². The Balaban J connectivity index is 2.30. The molecule has 2 aromatic rings. The molecule has 20 heavy (non-hydrogen) atoms. The lowest BCUT2D eigenvalue weighted by Crippen LogP contribution is -2.21. The molecule has 1 aromatic heterocycles. The lowest BCUT2D eigenvalue weighted by atomic mass is 10.2. The summed E-state index contributed by atoms with van der Waals surface area (Å²) in [6.45, 7) is 2.54. The number of hydrogen-bond acceptors (Lipinski definition) is 4. The number of ether oxygens (including phenoxy) is 1. The van der Waals surface area contributed by atoms with Gasteiger partial charge in [0, 0.05) is 18.9 Å². The van der Waals surface area contributed by atoms with Crippen molar-refractivity contribution in [2.45, 2.75) is 19.9 Å². The number of nitrogens with zero attached hydrogens (tertiary/aromatic N) is 2. The average Bonchev–Trinajstić information content (AvgIpc) is 2.44. The molecule has 1 aromatic carbocycles. The van der Waals surface area contributed by atoms with Gasteiger partial charge in [0.05, 0.1) is 5.56 Å². The molecule has 0 fully saturated rings. The Hall–Kier alpha value is -2.63. The summed E-state index contributed by atoms with van der Waals surface area (Å²) in [6, 6.07) is 5.92. The third-order valence-electron chi connectivity index (χ3n) is 2.64. The standard InChI is InChI=1S/C14H14N2O4/c1-2-7-16-8-6-15-12(13(16)17)20-11-5-3-4-10(9-11)14(18)19/h3-6,8-9H,2,7H2,1H3,(H,18,19). The van der Waals surface area contributed by atoms with Crippen molar-refractivity contribution in [2.75, 3.05) is 0 Å². The zero-order valence-electron chi connectivity index (χ0n) is 10.9. The molecule has 0 aliphatic rings. The molecular weight excluding hydrogens is 260 g/mol. The second-order valence-corrected chi connectivity index (χ2v) is 4.17. The largest absolute Gasteiger partial charge is 0.478 e. The van der Waals surface area contributed by atoms with Crippen molar-refractivity contribution < 1.29 is 14.6 Å². The zero-order chi connectivity index (χ0) is 14.5. The van der Waals surface area contributed by atoms with Crippen molar-refractivity contribution in [2.24, 2.45) is 0 Å². The smallest absolute Gasteiger partial charge is 0.335 e. The monoisotopic (exact) mass is 274 g/mol. The third-order valence-corrected chi connectivity index (χ3v) is 2.64. The predicted octanol–water partition coefficient (Wildman–Crippen LogP) is 2.14. The minimum absolute atomic E-state index is 0.0662. The van der Waals surface area contributed by atoms with Crippen molar-refractivity contribution in [3.63, 3.8) is 0 Å². The van der Waals surface area contributed by atoms with E-state index in [1.807, 2.05) is 6.92 Å². The maximum absolute atomic E-state index is 12.0. The highest BCUT2D eigenvalue weighted by Crippen LogP contribution is 2.18. The van der Waals surface area contributed by atoms with Gasteiger partial charge in [-0.1, -0.05) is 13.0 Å². The van der Waals surface area contributed by atoms with Crippen LogP contribution in [0.3, 0.4) is 0 Å². The summed E-state index contributed by atoms with van der Waals surface area (Å²) in [5.41, 5.74) is -0.248. The topological polar surface area (TPSA) is 81.4 Å². The van der Waals surface area contributed by atoms with Crippen molar-refractivity contribution in [3.8, 4) is 11.6 Å². The third kappa shape index (κ3) is 3.03. The Morgan fingerprint density at radius 2 is 2.25 bits per heavy atom. The molecule has 0 bridgehead atoms. The number of hydrogen-bond donors (Lipinski definition) is 1. The lowest BCUT2D eigenvalue weighted by molar-refractivity contribution is 0.0696. The van der Waals surface area contributed by atoms with Gasteiger partial charge in [0.1, 0.15) is 5.75 Å². The van der Waals surface area contributed by atoms with Crippen LogP contribution in [0.1, 0.15) is 23.7 Å². The van der Waals surface area contributed by atoms with Gasteiger partial charge in [-0.15, -0.1) is 0 Å². The van der Waals surface area contributed by atoms with Gasteiger partial charge in [-0.3, -0.25) is 4.79 Å². The predicted molar refractivity (Wildman–Crippen MR) is 72.3 cm³/mol. The number of rotatable bonds is 5. The minimum atomic E-state index is -1.06. The van der Waals surface area contributed by atoms with Gasteiger partial charge >= 0.3 is 11.5 Å². The second kappa shape index (κ2) is 6.01. The molecule has 0 spiro atoms. The van der Waals surface area contributed by atoms with Gasteiger partial charge in [-0.05, 0) is 24.6 Å². The first-order valence-electron chi connectivity index (χ1n) is 6.18. The van der Waals surface area contributed by atoms with Crippen LogP contribution in [0, 0.1) is 0 Å². The molecule has 104 valence electrons. The van der Waals surface area contributed by atoms with E-state index in [9.17, 15) is 9.59 Å². The van der Waals surface area contributed by atoms with E-state index in [2.05, 4.69) is 4.98 Å². The zero-order valence-corrected chi connectivity index (χ0v) is 10.9. The highest BCUT2D eigenvalue weighted by Gasteiger charge is 2.09. The first kappa shape index (κ1) is 13.8. The van der Waals surface area contributed by atoms with Crippen LogP contribution < -0.4 is 10.3 Å². The maximum atomic E-state index is 12.0. The Kier molecular flexibility index (Phi) is 4.14. The van der Waals surface area contributed by atoms with E-state index < -0.39 is 5.97 Å². The van der Waals surface area contributed by atoms with Crippen LogP contribution in [0.5, 0.6) is 11.6 Å². The summed E-state index contributed by atoms with van der Waals surface area (Å²) in [6.07, 6.45) is 3.89. The summed E-state index contributed by atoms with van der Waals surface area (Å²) >= 11 is 0. The molecule has 0 unspecified atom stereocenters. The van der Waals surface area contributed by atoms with Gasteiger partial charge in [0.2, 0.25) is 0 Å². The van der Waals surface area contributed by atoms with E-state index in [4.69, 9.17) is 9.84 Å². The quantitative estimate of drug-likeness (QED) is 0.903. The number of aromatic nitrogens is 2. The fourth-order valence-electron chi connectivity index (χ4n) is 1.72. The molecule has 6 heteroatoms. The average molecular weight is 274 g/mol. The SMILES string of the molecule is CCCn1ccnc(Oc2cccc(C(=O)O)c2)c1=O. The minimum Gasteiger partial charge on any atom is -0.478 e. The van der Waals surface area contributed by atoms with Gasteiger partial charge < -0.3 is 14.4 Å². The molecule has 0 aliphatic carbocycles. The molecule has 2 rings (SSSR count). The molecule has 0 aliphatic heterocycles. The number of aromatic carboxylic acids is 1. The number of carbonyl (C=O) groups is 1. The van der Waals surface area contributed by atoms with E-state index >= 15 is 0 Å². The number of carboxylic acids is 1. The van der Waals surface area contributed by atoms with E-state index in [-0.39, 0.29) is 22.8 Å². The van der Waals surface area contributed by atoms with Gasteiger partial charge in [-0.2, -0.15) is 0 Å². The summed E-state index contributed by atoms with van der Waals surface area (Å²) in [5.74, 6) is -0.855. The van der Waals surface area contributed by atoms with Crippen LogP contribution >= 0.6 is 0 Å². The van der Waals surface area contributed by atoms with Crippen molar-refractivity contribution in [1.29, 1.82) is 0 Å². The summed E-state index contributed by atoms with van der Waals surface area (Å²) in [4.78, 5) is 26.8. The fourth-order valence-corrected chi connectivity index (χ4v) is 1.72. The van der Waals surface area contributed by atoms with Crippen molar-refractivity contribution in [3.05, 3.63) is 52.6 Å². The Morgan fingerprint density at radius 3 is 2.95 bits per heavy atom. The van der Waals surface area contributed by atoms with Crippen LogP contribution in [0.25, 0.3) is 0 Å². The first-order chi connectivity index (χ1) is 9.61. The fraction of sp³-hybridized carbons (Fsp3) is 0.214. The Labute approximate surface area is 115 Å². The van der Waals surface area contributed by atoms with Crippen LogP contribution in [-0.2, 0) is 6.54 Å². The summed E-state index contributed by atoms with van der Waals surface area (Å²) < 4.78 is 6.88. The molecule has 0 amide bonds. The van der Waals surface area contributed by atoms with Crippen LogP contribution in [0.2, 0.25) is 0 Å². The molecule has 1 N–H and O–H groups in total. The van der Waals surface area contributed by atoms with Crippen molar-refractivity contribution >= 4 is 5.97 Å². The van der Waals surface area contributed by atoms with E-state index in [1.165, 1.54) is 22.9 Å². The first-order valence-corrected chi connectivity index (χ1v) is 6.18. The second-order valence-electron chi connectivity index (χ2n) is 4.17. The molecule has 1 heterocycles. The van der Waals surface area contributed by atoms with Crippen LogP contribution in [0.15, 0.2) is 41.5 Å². The van der Waals surface area contributed by atoms with E-state index in [0.29, 0.717) is 6.54 Å². The molecule has 0 saturated carbocycles. The Morgan fingerprint density at radius 1 is 1.45 bits per heavy atom. The van der Waals surface area contributed by atoms with Crippen LogP contribution in [-0.4, -0.2) is 20.6 Å². The maximum Gasteiger partial charge on any atom is 0.335 e. The Bertz CT molecular complexity index is 679. The summed E-state index contributed by atoms with van der Waals surface area (Å²) in [5, 5.41) is 8.91. The molecular formula is C14H14N2O4. The van der Waals surface area contributed by atoms with Gasteiger partial charge in [0.25, 0.3) is 5.88 Å². The summed E-state index contributed by atoms with van der Waals surface area (Å²) in [7, 11) is 0. The number of aryl methyl sites for hydroxylation is 1. The number of benzene rings is 1. The van der Waals surface area contributed by atoms with Crippen molar-refractivity contribution in [1.82, 2.24) is 9.55 Å². The van der Waals surface area contributed by atoms with E-state index in [0.717, 1.165) is 6.42 Å². The highest BCUT2D eigenvalue weighted by atomic mass is 16.5. The van der Waals surface area contributed by atoms with E-state index in [1.54, 1.807) is 18.3 Å². The van der Waals surface area contributed by atoms with Gasteiger partial charge in [-0.25, -0.2) is 9.78 Å². The van der Waals surface area contributed by atoms with Crippen LogP contribution in [0.4, 0.5) is 0 Å². The normalized spacial score (nSPS) is 10.2. The molecule has 0 saturated heterocycles. The molecule has 0 atom stereocenters. The lowest BCUT2D eigenvalue weighted by Gasteiger charge is -2.07. The number of carboxylic acid groups (broad SMARTS) is 1. The highest BCUT2D eigenvalue weighted by molar-refractivity contribution is 5.88.